The standard InChI is InChI=1S/C21H20O/c22-13-14-4-5-16-9-21(11-18(16)8-14)10-17-7-6-15-2-1-3-19(15)20(17)12-21/h4-8,13H,1-3,9-12H2/t21-/m0/s1. The van der Waals surface area contributed by atoms with Gasteiger partial charge < -0.3 is 0 Å². The van der Waals surface area contributed by atoms with Crippen molar-refractivity contribution in [3.63, 3.8) is 0 Å². The van der Waals surface area contributed by atoms with Crippen molar-refractivity contribution in [3.8, 4) is 0 Å². The van der Waals surface area contributed by atoms with Crippen LogP contribution in [0.4, 0.5) is 0 Å². The van der Waals surface area contributed by atoms with Crippen molar-refractivity contribution in [3.05, 3.63) is 69.3 Å². The number of carbonyl (C=O) groups excluding carboxylic acids is 1. The third-order valence-corrected chi connectivity index (χ3v) is 6.11. The number of hydrogen-bond acceptors (Lipinski definition) is 1. The molecule has 0 fully saturated rings. The zero-order valence-corrected chi connectivity index (χ0v) is 12.8. The van der Waals surface area contributed by atoms with E-state index in [1.165, 1.54) is 49.7 Å². The first-order valence-electron chi connectivity index (χ1n) is 8.46. The molecule has 0 aliphatic heterocycles. The van der Waals surface area contributed by atoms with Crippen molar-refractivity contribution in [2.75, 3.05) is 0 Å². The highest BCUT2D eigenvalue weighted by Crippen LogP contribution is 2.49. The quantitative estimate of drug-likeness (QED) is 0.728. The Hall–Kier alpha value is -1.89. The molecule has 0 aromatic heterocycles. The van der Waals surface area contributed by atoms with Gasteiger partial charge in [-0.2, -0.15) is 0 Å². The van der Waals surface area contributed by atoms with Gasteiger partial charge in [-0.05, 0) is 89.8 Å². The fourth-order valence-corrected chi connectivity index (χ4v) is 5.20. The molecule has 2 aromatic rings. The monoisotopic (exact) mass is 288 g/mol. The summed E-state index contributed by atoms with van der Waals surface area (Å²) < 4.78 is 0. The molecule has 22 heavy (non-hydrogen) atoms. The summed E-state index contributed by atoms with van der Waals surface area (Å²) in [5, 5.41) is 0. The van der Waals surface area contributed by atoms with E-state index < -0.39 is 0 Å². The predicted molar refractivity (Wildman–Crippen MR) is 87.5 cm³/mol. The molecule has 2 aromatic carbocycles. The van der Waals surface area contributed by atoms with Gasteiger partial charge in [0.25, 0.3) is 0 Å². The Labute approximate surface area is 131 Å². The van der Waals surface area contributed by atoms with Crippen molar-refractivity contribution < 1.29 is 4.79 Å². The lowest BCUT2D eigenvalue weighted by Gasteiger charge is -2.22. The second kappa shape index (κ2) is 4.32. The molecule has 1 nitrogen and oxygen atoms in total. The van der Waals surface area contributed by atoms with E-state index in [1.807, 2.05) is 6.07 Å². The smallest absolute Gasteiger partial charge is 0.150 e. The van der Waals surface area contributed by atoms with Crippen LogP contribution >= 0.6 is 0 Å². The number of rotatable bonds is 1. The van der Waals surface area contributed by atoms with Crippen LogP contribution in [0.15, 0.2) is 30.3 Å². The van der Waals surface area contributed by atoms with Crippen LogP contribution in [0.25, 0.3) is 0 Å². The fourth-order valence-electron chi connectivity index (χ4n) is 5.20. The minimum atomic E-state index is 0.393. The van der Waals surface area contributed by atoms with Crippen LogP contribution in [0, 0.1) is 5.41 Å². The molecule has 1 atom stereocenters. The first-order chi connectivity index (χ1) is 10.8. The summed E-state index contributed by atoms with van der Waals surface area (Å²) in [7, 11) is 0. The van der Waals surface area contributed by atoms with E-state index in [0.717, 1.165) is 18.3 Å². The Kier molecular flexibility index (Phi) is 2.48. The average molecular weight is 288 g/mol. The minimum absolute atomic E-state index is 0.393. The van der Waals surface area contributed by atoms with Gasteiger partial charge in [-0.15, -0.1) is 0 Å². The molecule has 1 heteroatoms. The molecule has 3 aliphatic rings. The van der Waals surface area contributed by atoms with E-state index in [9.17, 15) is 4.79 Å². The fraction of sp³-hybridized carbons (Fsp3) is 0.381. The second-order valence-corrected chi connectivity index (χ2v) is 7.55. The summed E-state index contributed by atoms with van der Waals surface area (Å²) in [5.41, 5.74) is 10.7. The second-order valence-electron chi connectivity index (χ2n) is 7.55. The highest BCUT2D eigenvalue weighted by Gasteiger charge is 2.43. The normalized spacial score (nSPS) is 24.4. The van der Waals surface area contributed by atoms with E-state index in [0.29, 0.717) is 5.41 Å². The Morgan fingerprint density at radius 3 is 2.45 bits per heavy atom. The Bertz CT molecular complexity index is 802. The number of fused-ring (bicyclic) bond motifs is 4. The van der Waals surface area contributed by atoms with Crippen molar-refractivity contribution in [1.29, 1.82) is 0 Å². The number of hydrogen-bond donors (Lipinski definition) is 0. The van der Waals surface area contributed by atoms with Gasteiger partial charge in [0.15, 0.2) is 0 Å². The summed E-state index contributed by atoms with van der Waals surface area (Å²) in [6, 6.07) is 11.1. The molecule has 0 radical (unpaired) electrons. The molecule has 0 heterocycles. The summed E-state index contributed by atoms with van der Waals surface area (Å²) >= 11 is 0. The largest absolute Gasteiger partial charge is 0.298 e. The van der Waals surface area contributed by atoms with Gasteiger partial charge in [-0.1, -0.05) is 24.3 Å². The van der Waals surface area contributed by atoms with Crippen molar-refractivity contribution in [1.82, 2.24) is 0 Å². The zero-order chi connectivity index (χ0) is 14.7. The van der Waals surface area contributed by atoms with Crippen LogP contribution in [-0.2, 0) is 38.5 Å². The van der Waals surface area contributed by atoms with Gasteiger partial charge in [-0.3, -0.25) is 4.79 Å². The molecule has 0 N–H and O–H groups in total. The molecule has 3 aliphatic carbocycles. The van der Waals surface area contributed by atoms with E-state index >= 15 is 0 Å². The van der Waals surface area contributed by atoms with Crippen LogP contribution in [0.5, 0.6) is 0 Å². The molecular weight excluding hydrogens is 268 g/mol. The summed E-state index contributed by atoms with van der Waals surface area (Å²) in [4.78, 5) is 11.0. The average Bonchev–Trinajstić information content (AvgIpc) is 3.20. The minimum Gasteiger partial charge on any atom is -0.298 e. The molecule has 0 saturated heterocycles. The highest BCUT2D eigenvalue weighted by molar-refractivity contribution is 5.75. The molecular formula is C21H20O. The van der Waals surface area contributed by atoms with Crippen molar-refractivity contribution >= 4 is 6.29 Å². The topological polar surface area (TPSA) is 17.1 Å². The molecule has 0 saturated carbocycles. The number of benzene rings is 2. The Morgan fingerprint density at radius 1 is 0.773 bits per heavy atom. The number of aryl methyl sites for hydroxylation is 1. The maximum absolute atomic E-state index is 11.0. The van der Waals surface area contributed by atoms with Crippen molar-refractivity contribution in [2.24, 2.45) is 5.41 Å². The first kappa shape index (κ1) is 12.6. The molecule has 0 bridgehead atoms. The third-order valence-electron chi connectivity index (χ3n) is 6.11. The molecule has 0 amide bonds. The third kappa shape index (κ3) is 1.68. The predicted octanol–water partition coefficient (Wildman–Crippen LogP) is 3.87. The molecule has 1 spiro atoms. The lowest BCUT2D eigenvalue weighted by Crippen LogP contribution is -2.21. The maximum atomic E-state index is 11.0. The first-order valence-corrected chi connectivity index (χ1v) is 8.46. The summed E-state index contributed by atoms with van der Waals surface area (Å²) in [6.07, 6.45) is 9.67. The zero-order valence-electron chi connectivity index (χ0n) is 12.8. The van der Waals surface area contributed by atoms with Crippen LogP contribution in [0.3, 0.4) is 0 Å². The van der Waals surface area contributed by atoms with Crippen LogP contribution in [0.1, 0.15) is 50.2 Å². The lowest BCUT2D eigenvalue weighted by atomic mass is 9.81. The highest BCUT2D eigenvalue weighted by atomic mass is 16.1. The maximum Gasteiger partial charge on any atom is 0.150 e. The van der Waals surface area contributed by atoms with E-state index in [2.05, 4.69) is 24.3 Å². The lowest BCUT2D eigenvalue weighted by molar-refractivity contribution is 0.112. The number of aldehydes is 1. The summed E-state index contributed by atoms with van der Waals surface area (Å²) in [6.45, 7) is 0. The molecule has 110 valence electrons. The van der Waals surface area contributed by atoms with Gasteiger partial charge in [0.1, 0.15) is 6.29 Å². The van der Waals surface area contributed by atoms with Gasteiger partial charge in [0, 0.05) is 5.56 Å². The van der Waals surface area contributed by atoms with Crippen LogP contribution < -0.4 is 0 Å². The van der Waals surface area contributed by atoms with Crippen LogP contribution in [-0.4, -0.2) is 6.29 Å². The van der Waals surface area contributed by atoms with Crippen LogP contribution in [0.2, 0.25) is 0 Å². The molecule has 0 unspecified atom stereocenters. The van der Waals surface area contributed by atoms with Gasteiger partial charge >= 0.3 is 0 Å². The Balaban J connectivity index is 1.53. The Morgan fingerprint density at radius 2 is 1.55 bits per heavy atom. The van der Waals surface area contributed by atoms with Gasteiger partial charge in [0.05, 0.1) is 0 Å². The van der Waals surface area contributed by atoms with Crippen molar-refractivity contribution in [2.45, 2.75) is 44.9 Å². The molecule has 5 rings (SSSR count). The van der Waals surface area contributed by atoms with E-state index in [1.54, 1.807) is 22.3 Å². The van der Waals surface area contributed by atoms with Gasteiger partial charge in [-0.25, -0.2) is 0 Å². The van der Waals surface area contributed by atoms with E-state index in [-0.39, 0.29) is 0 Å². The SMILES string of the molecule is O=Cc1ccc2c(c1)C[C@]1(C2)Cc2ccc3c(c2C1)CCC3. The van der Waals surface area contributed by atoms with E-state index in [4.69, 9.17) is 0 Å². The van der Waals surface area contributed by atoms with Gasteiger partial charge in [0.2, 0.25) is 0 Å². The number of carbonyl (C=O) groups is 1. The summed E-state index contributed by atoms with van der Waals surface area (Å²) in [5.74, 6) is 0.